The highest BCUT2D eigenvalue weighted by Crippen LogP contribution is 2.22. The second-order valence-electron chi connectivity index (χ2n) is 4.45. The van der Waals surface area contributed by atoms with E-state index in [1.54, 1.807) is 0 Å². The number of nitrogens with two attached hydrogens (primary N) is 1. The Morgan fingerprint density at radius 3 is 2.84 bits per heavy atom. The summed E-state index contributed by atoms with van der Waals surface area (Å²) in [5, 5.41) is 1.02. The molecule has 2 rings (SSSR count). The molecule has 3 nitrogen and oxygen atoms in total. The quantitative estimate of drug-likeness (QED) is 0.647. The van der Waals surface area contributed by atoms with Gasteiger partial charge < -0.3 is 10.5 Å². The van der Waals surface area contributed by atoms with Crippen LogP contribution in [0.15, 0.2) is 30.3 Å². The number of aromatic nitrogens is 1. The molecule has 2 N–H and O–H groups in total. The van der Waals surface area contributed by atoms with Crippen LogP contribution >= 0.6 is 12.2 Å². The smallest absolute Gasteiger partial charge is 0.224 e. The van der Waals surface area contributed by atoms with Crippen molar-refractivity contribution >= 4 is 28.1 Å². The molecule has 0 unspecified atom stereocenters. The summed E-state index contributed by atoms with van der Waals surface area (Å²) in [6.07, 6.45) is 3.33. The molecule has 0 radical (unpaired) electrons. The van der Waals surface area contributed by atoms with E-state index in [1.165, 1.54) is 0 Å². The van der Waals surface area contributed by atoms with Crippen LogP contribution in [0, 0.1) is 0 Å². The molecular formula is C15H18N2OS. The van der Waals surface area contributed by atoms with Crippen molar-refractivity contribution in [2.75, 3.05) is 6.61 Å². The lowest BCUT2D eigenvalue weighted by Crippen LogP contribution is -2.13. The Balaban J connectivity index is 2.28. The average molecular weight is 274 g/mol. The molecule has 0 saturated heterocycles. The topological polar surface area (TPSA) is 48.1 Å². The molecule has 1 aromatic carbocycles. The van der Waals surface area contributed by atoms with Gasteiger partial charge in [0.2, 0.25) is 5.88 Å². The first-order valence-corrected chi connectivity index (χ1v) is 6.95. The third-order valence-corrected chi connectivity index (χ3v) is 3.16. The molecule has 1 aromatic heterocycles. The molecule has 0 saturated carbocycles. The standard InChI is InChI=1S/C15H18N2OS/c1-2-3-6-9-18-15-12(14(16)19)10-11-7-4-5-8-13(11)17-15/h4-5,7-8,10H,2-3,6,9H2,1H3,(H2,16,19). The van der Waals surface area contributed by atoms with Gasteiger partial charge in [-0.1, -0.05) is 50.2 Å². The summed E-state index contributed by atoms with van der Waals surface area (Å²) in [7, 11) is 0. The Labute approximate surface area is 118 Å². The van der Waals surface area contributed by atoms with Crippen molar-refractivity contribution in [3.63, 3.8) is 0 Å². The minimum Gasteiger partial charge on any atom is -0.477 e. The van der Waals surface area contributed by atoms with Gasteiger partial charge in [-0.2, -0.15) is 0 Å². The Kier molecular flexibility index (Phi) is 4.68. The summed E-state index contributed by atoms with van der Waals surface area (Å²) in [5.41, 5.74) is 7.36. The van der Waals surface area contributed by atoms with E-state index in [9.17, 15) is 0 Å². The predicted molar refractivity (Wildman–Crippen MR) is 82.7 cm³/mol. The van der Waals surface area contributed by atoms with Crippen LogP contribution in [0.2, 0.25) is 0 Å². The second kappa shape index (κ2) is 6.48. The van der Waals surface area contributed by atoms with Crippen LogP contribution in [-0.2, 0) is 0 Å². The predicted octanol–water partition coefficient (Wildman–Crippen LogP) is 3.44. The number of hydrogen-bond donors (Lipinski definition) is 1. The van der Waals surface area contributed by atoms with Gasteiger partial charge in [-0.3, -0.25) is 0 Å². The maximum atomic E-state index is 5.75. The maximum absolute atomic E-state index is 5.75. The first-order valence-electron chi connectivity index (χ1n) is 6.54. The van der Waals surface area contributed by atoms with Gasteiger partial charge in [-0.05, 0) is 18.6 Å². The van der Waals surface area contributed by atoms with Gasteiger partial charge in [0, 0.05) is 5.39 Å². The van der Waals surface area contributed by atoms with Gasteiger partial charge in [0.25, 0.3) is 0 Å². The molecular weight excluding hydrogens is 256 g/mol. The summed E-state index contributed by atoms with van der Waals surface area (Å²) in [6.45, 7) is 2.81. The van der Waals surface area contributed by atoms with Crippen molar-refractivity contribution < 1.29 is 4.74 Å². The van der Waals surface area contributed by atoms with Crippen molar-refractivity contribution in [3.8, 4) is 5.88 Å². The number of para-hydroxylation sites is 1. The van der Waals surface area contributed by atoms with Crippen molar-refractivity contribution in [2.24, 2.45) is 5.73 Å². The first kappa shape index (κ1) is 13.7. The second-order valence-corrected chi connectivity index (χ2v) is 4.89. The SMILES string of the molecule is CCCCCOc1nc2ccccc2cc1C(N)=S. The zero-order valence-electron chi connectivity index (χ0n) is 11.1. The summed E-state index contributed by atoms with van der Waals surface area (Å²) >= 11 is 5.07. The first-order chi connectivity index (χ1) is 9.22. The minimum atomic E-state index is 0.323. The maximum Gasteiger partial charge on any atom is 0.224 e. The Morgan fingerprint density at radius 1 is 1.32 bits per heavy atom. The number of pyridine rings is 1. The summed E-state index contributed by atoms with van der Waals surface area (Å²) in [6, 6.07) is 9.81. The van der Waals surface area contributed by atoms with Gasteiger partial charge >= 0.3 is 0 Å². The van der Waals surface area contributed by atoms with Gasteiger partial charge in [0.05, 0.1) is 17.7 Å². The van der Waals surface area contributed by atoms with E-state index in [2.05, 4.69) is 11.9 Å². The molecule has 2 aromatic rings. The minimum absolute atomic E-state index is 0.323. The molecule has 19 heavy (non-hydrogen) atoms. The van der Waals surface area contributed by atoms with Crippen LogP contribution in [0.4, 0.5) is 0 Å². The number of thiocarbonyl (C=S) groups is 1. The largest absolute Gasteiger partial charge is 0.477 e. The van der Waals surface area contributed by atoms with E-state index >= 15 is 0 Å². The third kappa shape index (κ3) is 3.41. The van der Waals surface area contributed by atoms with Crippen LogP contribution in [0.25, 0.3) is 10.9 Å². The highest BCUT2D eigenvalue weighted by Gasteiger charge is 2.10. The van der Waals surface area contributed by atoms with Gasteiger partial charge in [-0.25, -0.2) is 4.98 Å². The number of rotatable bonds is 6. The molecule has 0 atom stereocenters. The molecule has 1 heterocycles. The number of ether oxygens (including phenoxy) is 1. The van der Waals surface area contributed by atoms with Gasteiger partial charge in [-0.15, -0.1) is 0 Å². The van der Waals surface area contributed by atoms with E-state index in [-0.39, 0.29) is 0 Å². The Hall–Kier alpha value is -1.68. The molecule has 0 spiro atoms. The highest BCUT2D eigenvalue weighted by atomic mass is 32.1. The van der Waals surface area contributed by atoms with Crippen molar-refractivity contribution in [3.05, 3.63) is 35.9 Å². The lowest BCUT2D eigenvalue weighted by molar-refractivity contribution is 0.295. The van der Waals surface area contributed by atoms with Crippen LogP contribution in [0.5, 0.6) is 5.88 Å². The van der Waals surface area contributed by atoms with E-state index in [4.69, 9.17) is 22.7 Å². The zero-order valence-corrected chi connectivity index (χ0v) is 11.9. The van der Waals surface area contributed by atoms with Crippen LogP contribution in [-0.4, -0.2) is 16.6 Å². The number of unbranched alkanes of at least 4 members (excludes halogenated alkanes) is 2. The number of benzene rings is 1. The number of hydrogen-bond acceptors (Lipinski definition) is 3. The fourth-order valence-electron chi connectivity index (χ4n) is 1.91. The van der Waals surface area contributed by atoms with Gasteiger partial charge in [0.15, 0.2) is 0 Å². The molecule has 0 bridgehead atoms. The summed E-state index contributed by atoms with van der Waals surface area (Å²) in [5.74, 6) is 0.544. The monoisotopic (exact) mass is 274 g/mol. The highest BCUT2D eigenvalue weighted by molar-refractivity contribution is 7.80. The zero-order chi connectivity index (χ0) is 13.7. The molecule has 0 aliphatic rings. The van der Waals surface area contributed by atoms with Gasteiger partial charge in [0.1, 0.15) is 4.99 Å². The Morgan fingerprint density at radius 2 is 2.11 bits per heavy atom. The van der Waals surface area contributed by atoms with Crippen molar-refractivity contribution in [1.82, 2.24) is 4.98 Å². The van der Waals surface area contributed by atoms with Crippen molar-refractivity contribution in [1.29, 1.82) is 0 Å². The molecule has 0 aliphatic carbocycles. The normalized spacial score (nSPS) is 10.6. The van der Waals surface area contributed by atoms with E-state index in [1.807, 2.05) is 30.3 Å². The van der Waals surface area contributed by atoms with Crippen molar-refractivity contribution in [2.45, 2.75) is 26.2 Å². The molecule has 4 heteroatoms. The van der Waals surface area contributed by atoms with Crippen LogP contribution in [0.1, 0.15) is 31.7 Å². The fourth-order valence-corrected chi connectivity index (χ4v) is 2.05. The lowest BCUT2D eigenvalue weighted by atomic mass is 10.1. The average Bonchev–Trinajstić information content (AvgIpc) is 2.42. The Bertz CT molecular complexity index is 583. The lowest BCUT2D eigenvalue weighted by Gasteiger charge is -2.10. The third-order valence-electron chi connectivity index (χ3n) is 2.94. The van der Waals surface area contributed by atoms with E-state index in [0.29, 0.717) is 23.0 Å². The molecule has 100 valence electrons. The summed E-state index contributed by atoms with van der Waals surface area (Å²) in [4.78, 5) is 4.83. The van der Waals surface area contributed by atoms with Crippen LogP contribution < -0.4 is 10.5 Å². The molecule has 0 amide bonds. The number of fused-ring (bicyclic) bond motifs is 1. The van der Waals surface area contributed by atoms with E-state index in [0.717, 1.165) is 30.2 Å². The fraction of sp³-hybridized carbons (Fsp3) is 0.333. The van der Waals surface area contributed by atoms with Crippen LogP contribution in [0.3, 0.4) is 0 Å². The summed E-state index contributed by atoms with van der Waals surface area (Å²) < 4.78 is 5.73. The molecule has 0 aliphatic heterocycles. The number of nitrogens with zero attached hydrogens (tertiary/aromatic N) is 1. The van der Waals surface area contributed by atoms with E-state index < -0.39 is 0 Å². The molecule has 0 fully saturated rings.